The number of benzene rings is 1. The summed E-state index contributed by atoms with van der Waals surface area (Å²) in [7, 11) is 0. The van der Waals surface area contributed by atoms with Crippen LogP contribution in [0.2, 0.25) is 0 Å². The number of amides is 1. The highest BCUT2D eigenvalue weighted by Gasteiger charge is 2.26. The molecule has 0 unspecified atom stereocenters. The van der Waals surface area contributed by atoms with E-state index >= 15 is 0 Å². The number of anilines is 1. The van der Waals surface area contributed by atoms with Crippen LogP contribution in [0.5, 0.6) is 0 Å². The van der Waals surface area contributed by atoms with Gasteiger partial charge < -0.3 is 5.32 Å². The smallest absolute Gasteiger partial charge is 0.276 e. The molecule has 2 heterocycles. The highest BCUT2D eigenvalue weighted by molar-refractivity contribution is 7.98. The zero-order valence-corrected chi connectivity index (χ0v) is 13.5. The maximum absolute atomic E-state index is 12.5. The molecule has 0 bridgehead atoms. The van der Waals surface area contributed by atoms with Gasteiger partial charge in [-0.05, 0) is 43.4 Å². The Balaban J connectivity index is 1.61. The van der Waals surface area contributed by atoms with E-state index in [4.69, 9.17) is 0 Å². The zero-order valence-electron chi connectivity index (χ0n) is 12.7. The van der Waals surface area contributed by atoms with Gasteiger partial charge in [0.05, 0.1) is 17.6 Å². The van der Waals surface area contributed by atoms with Gasteiger partial charge in [-0.3, -0.25) is 4.79 Å². The van der Waals surface area contributed by atoms with Gasteiger partial charge in [0.25, 0.3) is 5.91 Å². The molecule has 1 aromatic carbocycles. The molecule has 0 atom stereocenters. The van der Waals surface area contributed by atoms with E-state index in [1.165, 1.54) is 12.8 Å². The van der Waals surface area contributed by atoms with Crippen LogP contribution in [0.1, 0.15) is 34.9 Å². The normalized spacial score (nSPS) is 14.1. The predicted molar refractivity (Wildman–Crippen MR) is 91.1 cm³/mol. The number of carbonyl (C=O) groups is 1. The summed E-state index contributed by atoms with van der Waals surface area (Å²) in [5.74, 6) is 0.359. The average Bonchev–Trinajstić information content (AvgIpc) is 3.34. The first-order chi connectivity index (χ1) is 11.2. The van der Waals surface area contributed by atoms with Gasteiger partial charge >= 0.3 is 0 Å². The number of hydrogen-bond donors (Lipinski definition) is 1. The van der Waals surface area contributed by atoms with Crippen LogP contribution in [0.4, 0.5) is 5.69 Å². The lowest BCUT2D eigenvalue weighted by Crippen LogP contribution is -2.15. The fourth-order valence-corrected chi connectivity index (χ4v) is 3.09. The molecule has 1 fully saturated rings. The Morgan fingerprint density at radius 3 is 2.87 bits per heavy atom. The highest BCUT2D eigenvalue weighted by Crippen LogP contribution is 2.39. The number of fused-ring (bicyclic) bond motifs is 1. The van der Waals surface area contributed by atoms with Crippen LogP contribution in [0, 0.1) is 0 Å². The third-order valence-corrected chi connectivity index (χ3v) is 4.72. The predicted octanol–water partition coefficient (Wildman–Crippen LogP) is 3.58. The van der Waals surface area contributed by atoms with Crippen molar-refractivity contribution in [2.75, 3.05) is 11.6 Å². The van der Waals surface area contributed by atoms with Crippen LogP contribution in [-0.4, -0.2) is 26.8 Å². The Morgan fingerprint density at radius 1 is 1.26 bits per heavy atom. The van der Waals surface area contributed by atoms with Crippen LogP contribution < -0.4 is 5.32 Å². The van der Waals surface area contributed by atoms with Gasteiger partial charge in [-0.1, -0.05) is 12.1 Å². The summed E-state index contributed by atoms with van der Waals surface area (Å²) in [4.78, 5) is 18.0. The zero-order chi connectivity index (χ0) is 15.8. The largest absolute Gasteiger partial charge is 0.320 e. The molecule has 5 nitrogen and oxygen atoms in total. The maximum atomic E-state index is 12.5. The standard InChI is InChI=1S/C17H16N4OS/c1-23-15-5-3-2-4-12(15)19-17(22)13-8-9-16-18-14(11-6-7-11)10-21(16)20-13/h2-5,8-11H,6-7H2,1H3,(H,19,22). The maximum Gasteiger partial charge on any atom is 0.276 e. The molecule has 1 aliphatic carbocycles. The fraction of sp³-hybridized carbons (Fsp3) is 0.235. The van der Waals surface area contributed by atoms with Crippen molar-refractivity contribution in [2.24, 2.45) is 0 Å². The summed E-state index contributed by atoms with van der Waals surface area (Å²) in [6.45, 7) is 0. The van der Waals surface area contributed by atoms with Crippen molar-refractivity contribution < 1.29 is 4.79 Å². The molecule has 1 amide bonds. The van der Waals surface area contributed by atoms with Crippen molar-refractivity contribution in [1.82, 2.24) is 14.6 Å². The number of hydrogen-bond acceptors (Lipinski definition) is 4. The second-order valence-electron chi connectivity index (χ2n) is 5.62. The number of imidazole rings is 1. The summed E-state index contributed by atoms with van der Waals surface area (Å²) >= 11 is 1.60. The molecule has 2 aromatic heterocycles. The first-order valence-corrected chi connectivity index (χ1v) is 8.78. The molecule has 1 N–H and O–H groups in total. The SMILES string of the molecule is CSc1ccccc1NC(=O)c1ccc2nc(C3CC3)cn2n1. The Hall–Kier alpha value is -2.34. The number of carbonyl (C=O) groups excluding carboxylic acids is 1. The van der Waals surface area contributed by atoms with Crippen molar-refractivity contribution in [3.05, 3.63) is 54.0 Å². The van der Waals surface area contributed by atoms with Crippen molar-refractivity contribution in [2.45, 2.75) is 23.7 Å². The third-order valence-electron chi connectivity index (χ3n) is 3.92. The van der Waals surface area contributed by atoms with Gasteiger partial charge in [-0.25, -0.2) is 9.50 Å². The number of aromatic nitrogens is 3. The molecule has 0 radical (unpaired) electrons. The molecule has 3 aromatic rings. The van der Waals surface area contributed by atoms with Crippen LogP contribution >= 0.6 is 11.8 Å². The number of thioether (sulfide) groups is 1. The van der Waals surface area contributed by atoms with E-state index in [9.17, 15) is 4.79 Å². The molecule has 0 aliphatic heterocycles. The Kier molecular flexibility index (Phi) is 3.53. The minimum atomic E-state index is -0.213. The first kappa shape index (κ1) is 14.3. The van der Waals surface area contributed by atoms with Gasteiger partial charge in [-0.15, -0.1) is 11.8 Å². The number of nitrogens with one attached hydrogen (secondary N) is 1. The fourth-order valence-electron chi connectivity index (χ4n) is 2.53. The molecule has 6 heteroatoms. The van der Waals surface area contributed by atoms with Gasteiger partial charge in [-0.2, -0.15) is 5.10 Å². The van der Waals surface area contributed by atoms with Crippen molar-refractivity contribution in [3.63, 3.8) is 0 Å². The average molecular weight is 324 g/mol. The lowest BCUT2D eigenvalue weighted by atomic mass is 10.3. The molecule has 23 heavy (non-hydrogen) atoms. The van der Waals surface area contributed by atoms with E-state index in [0.29, 0.717) is 11.6 Å². The monoisotopic (exact) mass is 324 g/mol. The molecule has 1 saturated carbocycles. The van der Waals surface area contributed by atoms with E-state index < -0.39 is 0 Å². The van der Waals surface area contributed by atoms with E-state index in [1.54, 1.807) is 22.3 Å². The Morgan fingerprint density at radius 2 is 2.09 bits per heavy atom. The third kappa shape index (κ3) is 2.82. The van der Waals surface area contributed by atoms with E-state index in [1.807, 2.05) is 42.8 Å². The topological polar surface area (TPSA) is 59.3 Å². The molecular formula is C17H16N4OS. The second-order valence-corrected chi connectivity index (χ2v) is 6.46. The molecular weight excluding hydrogens is 308 g/mol. The Bertz CT molecular complexity index is 885. The first-order valence-electron chi connectivity index (χ1n) is 7.55. The Labute approximate surface area is 138 Å². The minimum absolute atomic E-state index is 0.213. The molecule has 116 valence electrons. The van der Waals surface area contributed by atoms with Gasteiger partial charge in [0.2, 0.25) is 0 Å². The van der Waals surface area contributed by atoms with Crippen LogP contribution in [0.15, 0.2) is 47.5 Å². The highest BCUT2D eigenvalue weighted by atomic mass is 32.2. The summed E-state index contributed by atoms with van der Waals surface area (Å²) in [6, 6.07) is 11.3. The van der Waals surface area contributed by atoms with Crippen LogP contribution in [0.25, 0.3) is 5.65 Å². The van der Waals surface area contributed by atoms with Gasteiger partial charge in [0.15, 0.2) is 5.65 Å². The van der Waals surface area contributed by atoms with E-state index in [-0.39, 0.29) is 5.91 Å². The molecule has 0 saturated heterocycles. The number of nitrogens with zero attached hydrogens (tertiary/aromatic N) is 3. The summed E-state index contributed by atoms with van der Waals surface area (Å²) in [5, 5.41) is 7.32. The van der Waals surface area contributed by atoms with E-state index in [0.717, 1.165) is 21.9 Å². The van der Waals surface area contributed by atoms with Crippen molar-refractivity contribution >= 4 is 29.0 Å². The quantitative estimate of drug-likeness (QED) is 0.745. The molecule has 0 spiro atoms. The summed E-state index contributed by atoms with van der Waals surface area (Å²) in [5.41, 5.74) is 3.04. The number of para-hydroxylation sites is 1. The number of rotatable bonds is 4. The minimum Gasteiger partial charge on any atom is -0.320 e. The van der Waals surface area contributed by atoms with Crippen LogP contribution in [-0.2, 0) is 0 Å². The van der Waals surface area contributed by atoms with Crippen LogP contribution in [0.3, 0.4) is 0 Å². The van der Waals surface area contributed by atoms with Crippen molar-refractivity contribution in [3.8, 4) is 0 Å². The second kappa shape index (κ2) is 5.70. The van der Waals surface area contributed by atoms with Gasteiger partial charge in [0.1, 0.15) is 5.69 Å². The molecule has 1 aliphatic rings. The summed E-state index contributed by atoms with van der Waals surface area (Å²) < 4.78 is 1.70. The summed E-state index contributed by atoms with van der Waals surface area (Å²) in [6.07, 6.45) is 6.31. The van der Waals surface area contributed by atoms with Crippen molar-refractivity contribution in [1.29, 1.82) is 0 Å². The lowest BCUT2D eigenvalue weighted by Gasteiger charge is -2.08. The van der Waals surface area contributed by atoms with E-state index in [2.05, 4.69) is 15.4 Å². The lowest BCUT2D eigenvalue weighted by molar-refractivity contribution is 0.102. The van der Waals surface area contributed by atoms with Gasteiger partial charge in [0, 0.05) is 10.8 Å². The molecule has 4 rings (SSSR count).